The van der Waals surface area contributed by atoms with Crippen LogP contribution in [-0.2, 0) is 0 Å². The van der Waals surface area contributed by atoms with Crippen molar-refractivity contribution < 1.29 is 14.3 Å². The molecule has 1 aromatic heterocycles. The Kier molecular flexibility index (Phi) is 4.88. The second-order valence-electron chi connectivity index (χ2n) is 6.50. The summed E-state index contributed by atoms with van der Waals surface area (Å²) in [6.07, 6.45) is -0.612. The number of hydrogen-bond donors (Lipinski definition) is 2. The minimum atomic E-state index is -0.612. The Morgan fingerprint density at radius 1 is 1.32 bits per heavy atom. The normalized spacial score (nSPS) is 13.3. The van der Waals surface area contributed by atoms with E-state index < -0.39 is 6.10 Å². The van der Waals surface area contributed by atoms with Crippen LogP contribution in [0.15, 0.2) is 33.5 Å². The number of β-amino-alcohol motifs (C(OH)–C–C–N with tert-alkyl or cyclic N) is 1. The molecule has 1 heterocycles. The number of aliphatic hydroxyl groups excluding tert-OH is 1. The van der Waals surface area contributed by atoms with Gasteiger partial charge in [-0.3, -0.25) is 0 Å². The molecule has 0 aliphatic carbocycles. The second-order valence-corrected chi connectivity index (χ2v) is 6.50. The summed E-state index contributed by atoms with van der Waals surface area (Å²) >= 11 is 0. The molecule has 1 unspecified atom stereocenters. The molecule has 1 aromatic carbocycles. The zero-order valence-corrected chi connectivity index (χ0v) is 13.5. The highest BCUT2D eigenvalue weighted by Crippen LogP contribution is 2.22. The molecule has 0 saturated carbocycles. The number of fused-ring (bicyclic) bond motifs is 1. The van der Waals surface area contributed by atoms with Crippen molar-refractivity contribution in [2.75, 3.05) is 13.2 Å². The first-order valence-corrected chi connectivity index (χ1v) is 7.35. The highest BCUT2D eigenvalue weighted by Gasteiger charge is 2.13. The Labute approximate surface area is 129 Å². The molecule has 1 atom stereocenters. The van der Waals surface area contributed by atoms with Crippen LogP contribution in [0, 0.1) is 6.92 Å². The Bertz CT molecular complexity index is 700. The van der Waals surface area contributed by atoms with Gasteiger partial charge in [-0.05, 0) is 45.4 Å². The zero-order chi connectivity index (χ0) is 16.3. The molecule has 0 radical (unpaired) electrons. The number of aryl methyl sites for hydroxylation is 1. The van der Waals surface area contributed by atoms with E-state index in [-0.39, 0.29) is 17.8 Å². The molecular formula is C17H23NO4. The van der Waals surface area contributed by atoms with Gasteiger partial charge in [0.2, 0.25) is 0 Å². The fraction of sp³-hybridized carbons (Fsp3) is 0.471. The Morgan fingerprint density at radius 2 is 2.05 bits per heavy atom. The molecule has 5 heteroatoms. The van der Waals surface area contributed by atoms with Crippen LogP contribution in [0.2, 0.25) is 0 Å². The number of rotatable bonds is 5. The van der Waals surface area contributed by atoms with Crippen molar-refractivity contribution in [2.24, 2.45) is 0 Å². The third-order valence-corrected chi connectivity index (χ3v) is 3.23. The maximum Gasteiger partial charge on any atom is 0.336 e. The monoisotopic (exact) mass is 305 g/mol. The molecular weight excluding hydrogens is 282 g/mol. The van der Waals surface area contributed by atoms with Gasteiger partial charge in [-0.1, -0.05) is 0 Å². The third-order valence-electron chi connectivity index (χ3n) is 3.23. The van der Waals surface area contributed by atoms with Crippen molar-refractivity contribution in [3.05, 3.63) is 40.2 Å². The minimum Gasteiger partial charge on any atom is -0.491 e. The van der Waals surface area contributed by atoms with E-state index in [9.17, 15) is 9.90 Å². The largest absolute Gasteiger partial charge is 0.491 e. The fourth-order valence-electron chi connectivity index (χ4n) is 2.07. The summed E-state index contributed by atoms with van der Waals surface area (Å²) in [6.45, 7) is 8.59. The lowest BCUT2D eigenvalue weighted by molar-refractivity contribution is 0.100. The molecule has 2 N–H and O–H groups in total. The highest BCUT2D eigenvalue weighted by molar-refractivity contribution is 5.81. The van der Waals surface area contributed by atoms with Crippen LogP contribution >= 0.6 is 0 Å². The molecule has 0 aliphatic heterocycles. The van der Waals surface area contributed by atoms with E-state index in [1.807, 2.05) is 33.8 Å². The van der Waals surface area contributed by atoms with Crippen molar-refractivity contribution in [1.82, 2.24) is 5.32 Å². The van der Waals surface area contributed by atoms with Crippen molar-refractivity contribution in [1.29, 1.82) is 0 Å². The first-order valence-electron chi connectivity index (χ1n) is 7.35. The zero-order valence-electron chi connectivity index (χ0n) is 13.5. The van der Waals surface area contributed by atoms with E-state index in [4.69, 9.17) is 9.15 Å². The second kappa shape index (κ2) is 6.50. The maximum absolute atomic E-state index is 11.4. The van der Waals surface area contributed by atoms with Crippen LogP contribution < -0.4 is 15.7 Å². The van der Waals surface area contributed by atoms with Crippen LogP contribution in [0.5, 0.6) is 5.75 Å². The van der Waals surface area contributed by atoms with Crippen LogP contribution in [0.3, 0.4) is 0 Å². The fourth-order valence-corrected chi connectivity index (χ4v) is 2.07. The number of aliphatic hydroxyl groups is 1. The first-order chi connectivity index (χ1) is 10.2. The Morgan fingerprint density at radius 3 is 2.73 bits per heavy atom. The number of hydrogen-bond acceptors (Lipinski definition) is 5. The average Bonchev–Trinajstić information content (AvgIpc) is 2.41. The first kappa shape index (κ1) is 16.5. The van der Waals surface area contributed by atoms with Gasteiger partial charge in [-0.25, -0.2) is 4.79 Å². The van der Waals surface area contributed by atoms with Gasteiger partial charge in [-0.2, -0.15) is 0 Å². The van der Waals surface area contributed by atoms with E-state index in [0.717, 1.165) is 10.9 Å². The van der Waals surface area contributed by atoms with E-state index in [1.165, 1.54) is 6.07 Å². The van der Waals surface area contributed by atoms with Gasteiger partial charge in [0.1, 0.15) is 24.0 Å². The topological polar surface area (TPSA) is 71.7 Å². The van der Waals surface area contributed by atoms with Gasteiger partial charge >= 0.3 is 5.63 Å². The van der Waals surface area contributed by atoms with Gasteiger partial charge in [-0.15, -0.1) is 0 Å². The van der Waals surface area contributed by atoms with E-state index in [1.54, 1.807) is 12.1 Å². The molecule has 120 valence electrons. The SMILES string of the molecule is Cc1cc(=O)oc2cc(OCC(O)CNC(C)(C)C)ccc12. The van der Waals surface area contributed by atoms with Crippen molar-refractivity contribution in [3.63, 3.8) is 0 Å². The van der Waals surface area contributed by atoms with Crippen molar-refractivity contribution in [2.45, 2.75) is 39.3 Å². The van der Waals surface area contributed by atoms with Crippen molar-refractivity contribution >= 4 is 11.0 Å². The molecule has 0 bridgehead atoms. The number of ether oxygens (including phenoxy) is 1. The molecule has 0 spiro atoms. The van der Waals surface area contributed by atoms with E-state index in [2.05, 4.69) is 5.32 Å². The molecule has 5 nitrogen and oxygen atoms in total. The lowest BCUT2D eigenvalue weighted by Crippen LogP contribution is -2.42. The lowest BCUT2D eigenvalue weighted by Gasteiger charge is -2.23. The number of benzene rings is 1. The summed E-state index contributed by atoms with van der Waals surface area (Å²) in [5.74, 6) is 0.566. The molecule has 0 saturated heterocycles. The standard InChI is InChI=1S/C17H23NO4/c1-11-7-16(20)22-15-8-13(5-6-14(11)15)21-10-12(19)9-18-17(2,3)4/h5-8,12,18-19H,9-10H2,1-4H3. The summed E-state index contributed by atoms with van der Waals surface area (Å²) in [5.41, 5.74) is 0.929. The Balaban J connectivity index is 2.02. The number of nitrogens with one attached hydrogen (secondary N) is 1. The van der Waals surface area contributed by atoms with Crippen molar-refractivity contribution in [3.8, 4) is 5.75 Å². The quantitative estimate of drug-likeness (QED) is 0.829. The Hall–Kier alpha value is -1.85. The van der Waals surface area contributed by atoms with Gasteiger partial charge in [0.15, 0.2) is 0 Å². The van der Waals surface area contributed by atoms with Gasteiger partial charge in [0.25, 0.3) is 0 Å². The molecule has 0 amide bonds. The highest BCUT2D eigenvalue weighted by atomic mass is 16.5. The smallest absolute Gasteiger partial charge is 0.336 e. The summed E-state index contributed by atoms with van der Waals surface area (Å²) in [5, 5.41) is 14.0. The van der Waals surface area contributed by atoms with Gasteiger partial charge in [0.05, 0.1) is 0 Å². The third kappa shape index (κ3) is 4.58. The molecule has 0 aliphatic rings. The lowest BCUT2D eigenvalue weighted by atomic mass is 10.1. The molecule has 22 heavy (non-hydrogen) atoms. The average molecular weight is 305 g/mol. The predicted octanol–water partition coefficient (Wildman–Crippen LogP) is 2.23. The minimum absolute atomic E-state index is 0.0507. The maximum atomic E-state index is 11.4. The molecule has 0 fully saturated rings. The molecule has 2 aromatic rings. The van der Waals surface area contributed by atoms with Crippen LogP contribution in [0.1, 0.15) is 26.3 Å². The summed E-state index contributed by atoms with van der Waals surface area (Å²) in [4.78, 5) is 11.4. The van der Waals surface area contributed by atoms with Crippen LogP contribution in [-0.4, -0.2) is 29.9 Å². The van der Waals surface area contributed by atoms with Gasteiger partial charge < -0.3 is 19.6 Å². The van der Waals surface area contributed by atoms with Gasteiger partial charge in [0, 0.05) is 29.6 Å². The summed E-state index contributed by atoms with van der Waals surface area (Å²) in [6, 6.07) is 6.79. The van der Waals surface area contributed by atoms with Crippen LogP contribution in [0.4, 0.5) is 0 Å². The molecule has 2 rings (SSSR count). The van der Waals surface area contributed by atoms with Crippen LogP contribution in [0.25, 0.3) is 11.0 Å². The van der Waals surface area contributed by atoms with E-state index in [0.29, 0.717) is 17.9 Å². The predicted molar refractivity (Wildman–Crippen MR) is 86.5 cm³/mol. The summed E-state index contributed by atoms with van der Waals surface area (Å²) in [7, 11) is 0. The summed E-state index contributed by atoms with van der Waals surface area (Å²) < 4.78 is 10.7. The van der Waals surface area contributed by atoms with E-state index >= 15 is 0 Å².